The molecule has 0 spiro atoms. The Morgan fingerprint density at radius 3 is 2.32 bits per heavy atom. The van der Waals surface area contributed by atoms with E-state index < -0.39 is 13.9 Å². The summed E-state index contributed by atoms with van der Waals surface area (Å²) < 4.78 is 6.96. The van der Waals surface area contributed by atoms with E-state index in [9.17, 15) is 5.11 Å². The second kappa shape index (κ2) is 7.98. The van der Waals surface area contributed by atoms with E-state index in [0.717, 1.165) is 48.3 Å². The summed E-state index contributed by atoms with van der Waals surface area (Å²) in [5.74, 6) is 5.01. The highest BCUT2D eigenvalue weighted by Gasteiger charge is 2.59. The first-order chi connectivity index (χ1) is 14.3. The van der Waals surface area contributed by atoms with E-state index in [0.29, 0.717) is 11.5 Å². The summed E-state index contributed by atoms with van der Waals surface area (Å²) in [6.07, 6.45) is 13.6. The molecule has 0 aromatic carbocycles. The van der Waals surface area contributed by atoms with Crippen LogP contribution in [0.4, 0.5) is 0 Å². The maximum Gasteiger partial charge on any atom is 0.192 e. The van der Waals surface area contributed by atoms with Crippen molar-refractivity contribution in [1.82, 2.24) is 0 Å². The Morgan fingerprint density at radius 2 is 1.68 bits per heavy atom. The van der Waals surface area contributed by atoms with Crippen LogP contribution in [-0.4, -0.2) is 25.1 Å². The van der Waals surface area contributed by atoms with Crippen LogP contribution in [0.2, 0.25) is 18.1 Å². The highest BCUT2D eigenvalue weighted by atomic mass is 28.4. The molecule has 178 valence electrons. The molecule has 0 amide bonds. The van der Waals surface area contributed by atoms with Crippen LogP contribution in [0.1, 0.15) is 92.4 Å². The number of aliphatic hydroxyl groups is 1. The third-order valence-corrected chi connectivity index (χ3v) is 15.9. The van der Waals surface area contributed by atoms with E-state index in [-0.39, 0.29) is 5.04 Å². The van der Waals surface area contributed by atoms with Crippen LogP contribution in [0, 0.1) is 40.9 Å². The Morgan fingerprint density at radius 1 is 1.00 bits per heavy atom. The lowest BCUT2D eigenvalue weighted by Crippen LogP contribution is -2.52. The van der Waals surface area contributed by atoms with Gasteiger partial charge in [0.1, 0.15) is 0 Å². The predicted octanol–water partition coefficient (Wildman–Crippen LogP) is 7.58. The molecule has 0 bridgehead atoms. The van der Waals surface area contributed by atoms with Gasteiger partial charge in [0.2, 0.25) is 0 Å². The maximum atomic E-state index is 10.8. The standard InChI is InChI=1S/C28H50O2Si/c1-9-28(29)17-15-21-20(18-28)10-11-23-22(21)14-16-27(6)24(12-13-25(23)27)19(2)30-31(7,8)26(3,4)5/h9,19-25,29H,1,10-18H2,2-8H3/t19?,20-,21+,22-,23-,24-,25+,27-,28+/m1/s1. The molecule has 1 unspecified atom stereocenters. The van der Waals surface area contributed by atoms with Gasteiger partial charge in [0, 0.05) is 6.10 Å². The van der Waals surface area contributed by atoms with E-state index >= 15 is 0 Å². The Labute approximate surface area is 193 Å². The molecule has 0 aliphatic heterocycles. The van der Waals surface area contributed by atoms with Gasteiger partial charge in [-0.15, -0.1) is 6.58 Å². The number of hydrogen-bond donors (Lipinski definition) is 1. The van der Waals surface area contributed by atoms with Gasteiger partial charge in [-0.05, 0) is 124 Å². The minimum atomic E-state index is -1.73. The van der Waals surface area contributed by atoms with Crippen molar-refractivity contribution in [3.8, 4) is 0 Å². The molecular weight excluding hydrogens is 396 g/mol. The van der Waals surface area contributed by atoms with Gasteiger partial charge in [0.25, 0.3) is 0 Å². The molecule has 0 heterocycles. The minimum Gasteiger partial charge on any atom is -0.414 e. The van der Waals surface area contributed by atoms with Crippen molar-refractivity contribution in [1.29, 1.82) is 0 Å². The fourth-order valence-electron chi connectivity index (χ4n) is 8.63. The lowest BCUT2D eigenvalue weighted by molar-refractivity contribution is -0.0991. The number of rotatable bonds is 4. The molecule has 31 heavy (non-hydrogen) atoms. The molecule has 4 saturated carbocycles. The van der Waals surface area contributed by atoms with Crippen LogP contribution in [-0.2, 0) is 4.43 Å². The molecule has 4 aliphatic carbocycles. The third-order valence-electron chi connectivity index (χ3n) is 11.4. The van der Waals surface area contributed by atoms with Crippen LogP contribution in [0.5, 0.6) is 0 Å². The van der Waals surface area contributed by atoms with Crippen molar-refractivity contribution in [2.45, 2.75) is 122 Å². The lowest BCUT2D eigenvalue weighted by atomic mass is 9.49. The van der Waals surface area contributed by atoms with Crippen LogP contribution < -0.4 is 0 Å². The molecule has 4 fully saturated rings. The van der Waals surface area contributed by atoms with E-state index in [1.54, 1.807) is 0 Å². The van der Waals surface area contributed by atoms with Crippen LogP contribution >= 0.6 is 0 Å². The summed E-state index contributed by atoms with van der Waals surface area (Å²) in [7, 11) is -1.73. The van der Waals surface area contributed by atoms with Gasteiger partial charge in [-0.1, -0.05) is 33.8 Å². The third kappa shape index (κ3) is 4.03. The van der Waals surface area contributed by atoms with Gasteiger partial charge in [-0.2, -0.15) is 0 Å². The van der Waals surface area contributed by atoms with Gasteiger partial charge in [-0.3, -0.25) is 0 Å². The Bertz CT molecular complexity index is 681. The topological polar surface area (TPSA) is 29.5 Å². The van der Waals surface area contributed by atoms with Gasteiger partial charge >= 0.3 is 0 Å². The van der Waals surface area contributed by atoms with Crippen LogP contribution in [0.25, 0.3) is 0 Å². The van der Waals surface area contributed by atoms with E-state index in [1.807, 2.05) is 6.08 Å². The van der Waals surface area contributed by atoms with E-state index in [2.05, 4.69) is 54.3 Å². The summed E-state index contributed by atoms with van der Waals surface area (Å²) in [5, 5.41) is 11.1. The second-order valence-electron chi connectivity index (χ2n) is 13.8. The monoisotopic (exact) mass is 446 g/mol. The molecule has 1 N–H and O–H groups in total. The van der Waals surface area contributed by atoms with Crippen molar-refractivity contribution in [3.63, 3.8) is 0 Å². The zero-order valence-corrected chi connectivity index (χ0v) is 22.5. The molecule has 0 radical (unpaired) electrons. The first kappa shape index (κ1) is 24.0. The highest BCUT2D eigenvalue weighted by Crippen LogP contribution is 2.65. The summed E-state index contributed by atoms with van der Waals surface area (Å²) in [4.78, 5) is 0. The van der Waals surface area contributed by atoms with Crippen molar-refractivity contribution < 1.29 is 9.53 Å². The predicted molar refractivity (Wildman–Crippen MR) is 133 cm³/mol. The average Bonchev–Trinajstić information content (AvgIpc) is 3.03. The van der Waals surface area contributed by atoms with Crippen molar-refractivity contribution >= 4 is 8.32 Å². The fraction of sp³-hybridized carbons (Fsp3) is 0.929. The zero-order chi connectivity index (χ0) is 22.8. The summed E-state index contributed by atoms with van der Waals surface area (Å²) >= 11 is 0. The fourth-order valence-corrected chi connectivity index (χ4v) is 10.1. The molecule has 0 aromatic rings. The average molecular weight is 447 g/mol. The first-order valence-corrected chi connectivity index (χ1v) is 16.3. The number of fused-ring (bicyclic) bond motifs is 5. The van der Waals surface area contributed by atoms with Gasteiger partial charge in [0.15, 0.2) is 8.32 Å². The van der Waals surface area contributed by atoms with Crippen molar-refractivity contribution in [3.05, 3.63) is 12.7 Å². The van der Waals surface area contributed by atoms with E-state index in [4.69, 9.17) is 4.43 Å². The molecule has 2 nitrogen and oxygen atoms in total. The first-order valence-electron chi connectivity index (χ1n) is 13.4. The molecule has 0 saturated heterocycles. The molecule has 9 atom stereocenters. The normalized spacial score (nSPS) is 46.6. The van der Waals surface area contributed by atoms with Crippen molar-refractivity contribution in [2.75, 3.05) is 0 Å². The largest absolute Gasteiger partial charge is 0.414 e. The number of hydrogen-bond acceptors (Lipinski definition) is 2. The molecule has 4 rings (SSSR count). The van der Waals surface area contributed by atoms with Gasteiger partial charge in [-0.25, -0.2) is 0 Å². The minimum absolute atomic E-state index is 0.282. The summed E-state index contributed by atoms with van der Waals surface area (Å²) in [6, 6.07) is 0. The molecule has 4 aliphatic rings. The van der Waals surface area contributed by atoms with E-state index in [1.165, 1.54) is 44.9 Å². The Balaban J connectivity index is 1.47. The van der Waals surface area contributed by atoms with Crippen LogP contribution in [0.3, 0.4) is 0 Å². The maximum absolute atomic E-state index is 10.8. The smallest absolute Gasteiger partial charge is 0.192 e. The molecule has 3 heteroatoms. The van der Waals surface area contributed by atoms with Crippen LogP contribution in [0.15, 0.2) is 12.7 Å². The highest BCUT2D eigenvalue weighted by molar-refractivity contribution is 6.74. The summed E-state index contributed by atoms with van der Waals surface area (Å²) in [6.45, 7) is 20.9. The molecular formula is C28H50O2Si. The Hall–Kier alpha value is -0.123. The van der Waals surface area contributed by atoms with Gasteiger partial charge < -0.3 is 9.53 Å². The van der Waals surface area contributed by atoms with Crippen molar-refractivity contribution in [2.24, 2.45) is 40.9 Å². The zero-order valence-electron chi connectivity index (χ0n) is 21.5. The second-order valence-corrected chi connectivity index (χ2v) is 18.6. The summed E-state index contributed by atoms with van der Waals surface area (Å²) in [5.41, 5.74) is -0.127. The SMILES string of the molecule is C=C[C@]1(O)CC[C@H]2[C@H](CC[C@@H]3[C@@H]2CC[C@]2(C)[C@@H](C(C)O[Si](C)(C)C(C)(C)C)CC[C@@H]32)C1. The quantitative estimate of drug-likeness (QED) is 0.356. The van der Waals surface area contributed by atoms with Gasteiger partial charge in [0.05, 0.1) is 5.60 Å². The lowest BCUT2D eigenvalue weighted by Gasteiger charge is -2.57. The molecule has 0 aromatic heterocycles. The Kier molecular flexibility index (Phi) is 6.18.